The molecule has 23 heavy (non-hydrogen) atoms. The molecular weight excluding hydrogens is 292 g/mol. The van der Waals surface area contributed by atoms with Crippen LogP contribution in [0.25, 0.3) is 0 Å². The molecule has 2 amide bonds. The number of nitrogens with one attached hydrogen (secondary N) is 1. The number of nitrogens with zero attached hydrogens (tertiary/aromatic N) is 1. The van der Waals surface area contributed by atoms with Crippen LogP contribution < -0.4 is 5.32 Å². The molecule has 0 bridgehead atoms. The maximum atomic E-state index is 12.2. The number of carbonyl (C=O) groups excluding carboxylic acids is 2. The molecule has 0 aromatic heterocycles. The summed E-state index contributed by atoms with van der Waals surface area (Å²) >= 11 is 0. The second kappa shape index (κ2) is 8.67. The van der Waals surface area contributed by atoms with Gasteiger partial charge in [-0.15, -0.1) is 0 Å². The van der Waals surface area contributed by atoms with Gasteiger partial charge in [0.1, 0.15) is 0 Å². The molecule has 1 saturated heterocycles. The highest BCUT2D eigenvalue weighted by Crippen LogP contribution is 2.16. The van der Waals surface area contributed by atoms with Crippen LogP contribution in [0.2, 0.25) is 0 Å². The first-order chi connectivity index (χ1) is 11.1. The summed E-state index contributed by atoms with van der Waals surface area (Å²) in [6.45, 7) is 5.37. The molecule has 1 unspecified atom stereocenters. The van der Waals surface area contributed by atoms with Gasteiger partial charge in [0.2, 0.25) is 11.8 Å². The Hall–Kier alpha value is -1.88. The Balaban J connectivity index is 1.84. The summed E-state index contributed by atoms with van der Waals surface area (Å²) in [5.41, 5.74) is 1.97. The van der Waals surface area contributed by atoms with Crippen LogP contribution in [0.1, 0.15) is 38.7 Å². The Morgan fingerprint density at radius 1 is 1.35 bits per heavy atom. The van der Waals surface area contributed by atoms with E-state index in [9.17, 15) is 9.59 Å². The Morgan fingerprint density at radius 2 is 2.13 bits per heavy atom. The number of anilines is 1. The quantitative estimate of drug-likeness (QED) is 0.841. The van der Waals surface area contributed by atoms with Gasteiger partial charge in [-0.3, -0.25) is 9.59 Å². The molecule has 0 spiro atoms. The molecule has 5 nitrogen and oxygen atoms in total. The molecule has 0 saturated carbocycles. The molecule has 1 aromatic carbocycles. The molecule has 2 rings (SSSR count). The van der Waals surface area contributed by atoms with Gasteiger partial charge in [-0.1, -0.05) is 25.1 Å². The summed E-state index contributed by atoms with van der Waals surface area (Å²) in [7, 11) is 0. The highest BCUT2D eigenvalue weighted by molar-refractivity contribution is 5.91. The number of hydrogen-bond donors (Lipinski definition) is 1. The monoisotopic (exact) mass is 318 g/mol. The molecule has 1 heterocycles. The molecule has 0 radical (unpaired) electrons. The Morgan fingerprint density at radius 3 is 2.78 bits per heavy atom. The van der Waals surface area contributed by atoms with E-state index < -0.39 is 0 Å². The molecule has 1 atom stereocenters. The summed E-state index contributed by atoms with van der Waals surface area (Å²) in [5, 5.41) is 2.94. The van der Waals surface area contributed by atoms with Crippen LogP contribution in [0, 0.1) is 0 Å². The van der Waals surface area contributed by atoms with Crippen molar-refractivity contribution in [3.63, 3.8) is 0 Å². The average Bonchev–Trinajstić information content (AvgIpc) is 3.04. The van der Waals surface area contributed by atoms with Crippen LogP contribution in [0.3, 0.4) is 0 Å². The third-order valence-corrected chi connectivity index (χ3v) is 4.17. The first-order valence-corrected chi connectivity index (χ1v) is 8.35. The fraction of sp³-hybridized carbons (Fsp3) is 0.556. The van der Waals surface area contributed by atoms with E-state index in [0.717, 1.165) is 37.1 Å². The zero-order chi connectivity index (χ0) is 16.7. The van der Waals surface area contributed by atoms with Crippen molar-refractivity contribution in [2.45, 2.75) is 45.6 Å². The van der Waals surface area contributed by atoms with Crippen molar-refractivity contribution in [3.05, 3.63) is 29.8 Å². The van der Waals surface area contributed by atoms with Crippen molar-refractivity contribution in [1.29, 1.82) is 0 Å². The highest BCUT2D eigenvalue weighted by atomic mass is 16.5. The van der Waals surface area contributed by atoms with Crippen molar-refractivity contribution >= 4 is 17.5 Å². The maximum absolute atomic E-state index is 12.2. The standard InChI is InChI=1S/C18H26N2O3/c1-3-15-7-4-5-9-17(15)19-18(22)10-11-20(14(2)21)13-16-8-6-12-23-16/h4-5,7,9,16H,3,6,8,10-13H2,1-2H3,(H,19,22). The molecular formula is C18H26N2O3. The van der Waals surface area contributed by atoms with E-state index in [0.29, 0.717) is 19.5 Å². The van der Waals surface area contributed by atoms with Gasteiger partial charge in [0.15, 0.2) is 0 Å². The zero-order valence-corrected chi connectivity index (χ0v) is 14.0. The first kappa shape index (κ1) is 17.5. The molecule has 1 aliphatic heterocycles. The Labute approximate surface area is 138 Å². The van der Waals surface area contributed by atoms with Gasteiger partial charge in [-0.2, -0.15) is 0 Å². The van der Waals surface area contributed by atoms with Crippen LogP contribution in [0.5, 0.6) is 0 Å². The second-order valence-electron chi connectivity index (χ2n) is 5.91. The van der Waals surface area contributed by atoms with E-state index in [4.69, 9.17) is 4.74 Å². The fourth-order valence-corrected chi connectivity index (χ4v) is 2.81. The highest BCUT2D eigenvalue weighted by Gasteiger charge is 2.21. The summed E-state index contributed by atoms with van der Waals surface area (Å²) in [6, 6.07) is 7.79. The molecule has 126 valence electrons. The number of para-hydroxylation sites is 1. The van der Waals surface area contributed by atoms with Gasteiger partial charge in [0.25, 0.3) is 0 Å². The molecule has 1 aliphatic rings. The minimum absolute atomic E-state index is 0.0118. The normalized spacial score (nSPS) is 17.0. The van der Waals surface area contributed by atoms with Crippen molar-refractivity contribution in [2.24, 2.45) is 0 Å². The second-order valence-corrected chi connectivity index (χ2v) is 5.91. The van der Waals surface area contributed by atoms with Crippen LogP contribution in [-0.4, -0.2) is 42.5 Å². The van der Waals surface area contributed by atoms with E-state index in [1.165, 1.54) is 0 Å². The molecule has 5 heteroatoms. The lowest BCUT2D eigenvalue weighted by Gasteiger charge is -2.24. The third kappa shape index (κ3) is 5.36. The van der Waals surface area contributed by atoms with Gasteiger partial charge in [-0.25, -0.2) is 0 Å². The van der Waals surface area contributed by atoms with Crippen molar-refractivity contribution in [2.75, 3.05) is 25.0 Å². The largest absolute Gasteiger partial charge is 0.376 e. The molecule has 1 fully saturated rings. The molecule has 1 aromatic rings. The first-order valence-electron chi connectivity index (χ1n) is 8.35. The smallest absolute Gasteiger partial charge is 0.226 e. The predicted octanol–water partition coefficient (Wildman–Crippen LogP) is 2.61. The summed E-state index contributed by atoms with van der Waals surface area (Å²) in [5.74, 6) is -0.0771. The number of benzene rings is 1. The minimum Gasteiger partial charge on any atom is -0.376 e. The van der Waals surface area contributed by atoms with Crippen molar-refractivity contribution in [3.8, 4) is 0 Å². The lowest BCUT2D eigenvalue weighted by atomic mass is 10.1. The summed E-state index contributed by atoms with van der Waals surface area (Å²) < 4.78 is 5.57. The predicted molar refractivity (Wildman–Crippen MR) is 90.3 cm³/mol. The van der Waals surface area contributed by atoms with Gasteiger partial charge in [0.05, 0.1) is 6.10 Å². The number of ether oxygens (including phenoxy) is 1. The number of aryl methyl sites for hydroxylation is 1. The maximum Gasteiger partial charge on any atom is 0.226 e. The lowest BCUT2D eigenvalue weighted by molar-refractivity contribution is -0.130. The van der Waals surface area contributed by atoms with E-state index in [1.54, 1.807) is 11.8 Å². The number of rotatable bonds is 7. The van der Waals surface area contributed by atoms with Gasteiger partial charge >= 0.3 is 0 Å². The van der Waals surface area contributed by atoms with Gasteiger partial charge < -0.3 is 15.0 Å². The lowest BCUT2D eigenvalue weighted by Crippen LogP contribution is -2.37. The minimum atomic E-state index is -0.0653. The Kier molecular flexibility index (Phi) is 6.59. The topological polar surface area (TPSA) is 58.6 Å². The fourth-order valence-electron chi connectivity index (χ4n) is 2.81. The SMILES string of the molecule is CCc1ccccc1NC(=O)CCN(CC1CCCO1)C(C)=O. The van der Waals surface area contributed by atoms with E-state index in [2.05, 4.69) is 12.2 Å². The zero-order valence-electron chi connectivity index (χ0n) is 14.0. The van der Waals surface area contributed by atoms with Crippen LogP contribution >= 0.6 is 0 Å². The van der Waals surface area contributed by atoms with E-state index in [1.807, 2.05) is 24.3 Å². The summed E-state index contributed by atoms with van der Waals surface area (Å²) in [6.07, 6.45) is 3.31. The van der Waals surface area contributed by atoms with E-state index >= 15 is 0 Å². The Bertz CT molecular complexity index is 539. The van der Waals surface area contributed by atoms with Crippen molar-refractivity contribution in [1.82, 2.24) is 4.90 Å². The van der Waals surface area contributed by atoms with Crippen LogP contribution in [-0.2, 0) is 20.7 Å². The molecule has 1 N–H and O–H groups in total. The van der Waals surface area contributed by atoms with Crippen LogP contribution in [0.4, 0.5) is 5.69 Å². The van der Waals surface area contributed by atoms with Crippen molar-refractivity contribution < 1.29 is 14.3 Å². The number of carbonyl (C=O) groups is 2. The average molecular weight is 318 g/mol. The number of hydrogen-bond acceptors (Lipinski definition) is 3. The van der Waals surface area contributed by atoms with Gasteiger partial charge in [0, 0.05) is 38.7 Å². The third-order valence-electron chi connectivity index (χ3n) is 4.17. The van der Waals surface area contributed by atoms with Gasteiger partial charge in [-0.05, 0) is 30.9 Å². The summed E-state index contributed by atoms with van der Waals surface area (Å²) in [4.78, 5) is 25.6. The molecule has 0 aliphatic carbocycles. The van der Waals surface area contributed by atoms with Crippen LogP contribution in [0.15, 0.2) is 24.3 Å². The van der Waals surface area contributed by atoms with E-state index in [-0.39, 0.29) is 17.9 Å². The number of amides is 2.